The molecule has 4 aromatic heterocycles. The Morgan fingerprint density at radius 3 is 0.395 bits per heavy atom. The Hall–Kier alpha value is -9.00. The van der Waals surface area contributed by atoms with Crippen molar-refractivity contribution in [2.24, 2.45) is 0 Å². The minimum Gasteiger partial charge on any atom is -0.390 e. The second kappa shape index (κ2) is 36.8. The lowest BCUT2D eigenvalue weighted by Crippen LogP contribution is -1.97. The maximum atomic E-state index is 7.95. The van der Waals surface area contributed by atoms with Gasteiger partial charge in [-0.1, -0.05) is 282 Å². The van der Waals surface area contributed by atoms with E-state index in [1.165, 1.54) is 44.5 Å². The van der Waals surface area contributed by atoms with Crippen LogP contribution in [0.5, 0.6) is 23.0 Å². The predicted molar refractivity (Wildman–Crippen MR) is 527 cm³/mol. The molecule has 124 heavy (non-hydrogen) atoms. The summed E-state index contributed by atoms with van der Waals surface area (Å²) in [4.78, 5) is 0. The van der Waals surface area contributed by atoms with E-state index in [1.807, 2.05) is 36.4 Å². The van der Waals surface area contributed by atoms with Crippen molar-refractivity contribution in [2.75, 3.05) is 0 Å². The molecule has 0 saturated heterocycles. The second-order valence-corrected chi connectivity index (χ2v) is 43.6. The number of hydrogen-bond acceptors (Lipinski definition) is 12. The van der Waals surface area contributed by atoms with Crippen LogP contribution in [-0.2, 0) is 0 Å². The average Bonchev–Trinajstić information content (AvgIpc) is 1.57. The van der Waals surface area contributed by atoms with Gasteiger partial charge < -0.3 is 51.7 Å². The Bertz CT molecular complexity index is 5460. The van der Waals surface area contributed by atoms with E-state index in [2.05, 4.69) is 319 Å². The molecule has 0 aliphatic heterocycles. The van der Waals surface area contributed by atoms with Gasteiger partial charge in [0.1, 0.15) is 67.7 Å². The van der Waals surface area contributed by atoms with Crippen LogP contribution in [0.4, 0.5) is 0 Å². The lowest BCUT2D eigenvalue weighted by Gasteiger charge is -2.19. The van der Waals surface area contributed by atoms with E-state index >= 15 is 0 Å². The average molecular weight is 1750 g/mol. The minimum atomic E-state index is -2.46. The molecule has 0 radical (unpaired) electrons. The van der Waals surface area contributed by atoms with E-state index in [1.54, 1.807) is 0 Å². The van der Waals surface area contributed by atoms with Crippen LogP contribution in [-0.4, -0.2) is 0 Å². The fourth-order valence-corrected chi connectivity index (χ4v) is 21.4. The minimum absolute atomic E-state index is 0.0346. The third kappa shape index (κ3) is 18.2. The molecule has 0 N–H and O–H groups in total. The molecular formula is C108H134O12P4. The van der Waals surface area contributed by atoms with Gasteiger partial charge in [0.05, 0.1) is 11.1 Å². The molecule has 14 rings (SSSR count). The fourth-order valence-electron chi connectivity index (χ4n) is 16.9. The molecule has 0 fully saturated rings. The van der Waals surface area contributed by atoms with Crippen LogP contribution >= 0.6 is 33.0 Å². The molecule has 0 bridgehead atoms. The van der Waals surface area contributed by atoms with Crippen molar-refractivity contribution in [1.82, 2.24) is 0 Å². The van der Waals surface area contributed by atoms with Crippen LogP contribution in [0.1, 0.15) is 405 Å². The van der Waals surface area contributed by atoms with Crippen molar-refractivity contribution in [3.8, 4) is 34.1 Å². The summed E-state index contributed by atoms with van der Waals surface area (Å²) in [5.41, 5.74) is 24.4. The molecule has 0 aliphatic carbocycles. The van der Waals surface area contributed by atoms with Gasteiger partial charge in [-0.3, -0.25) is 0 Å². The highest BCUT2D eigenvalue weighted by Crippen LogP contribution is 2.58. The van der Waals surface area contributed by atoms with E-state index in [4.69, 9.17) is 51.7 Å². The van der Waals surface area contributed by atoms with Gasteiger partial charge >= 0.3 is 33.0 Å². The summed E-state index contributed by atoms with van der Waals surface area (Å²) in [5, 5.41) is 7.63. The van der Waals surface area contributed by atoms with Gasteiger partial charge in [0.25, 0.3) is 0 Å². The third-order valence-electron chi connectivity index (χ3n) is 24.8. The van der Waals surface area contributed by atoms with Gasteiger partial charge in [-0.05, 0) is 256 Å². The quantitative estimate of drug-likeness (QED) is 0.0537. The van der Waals surface area contributed by atoms with Crippen molar-refractivity contribution in [1.29, 1.82) is 0 Å². The molecular weight excluding hydrogens is 1610 g/mol. The van der Waals surface area contributed by atoms with Gasteiger partial charge in [-0.15, -0.1) is 0 Å². The summed E-state index contributed by atoms with van der Waals surface area (Å²) in [7, 11) is -9.85. The van der Waals surface area contributed by atoms with Gasteiger partial charge in [0, 0.05) is 43.1 Å². The monoisotopic (exact) mass is 1750 g/mol. The van der Waals surface area contributed by atoms with Crippen LogP contribution in [0.3, 0.4) is 0 Å². The van der Waals surface area contributed by atoms with Gasteiger partial charge in [-0.25, -0.2) is 0 Å². The number of benzene rings is 10. The Labute approximate surface area is 740 Å². The smallest absolute Gasteiger partial charge is 0.390 e. The number of hydrogen-bond donors (Lipinski definition) is 0. The standard InChI is InChI=1S/C108H134O12P4/c1-55(2)71-39-79(63(17)18)101-87(47-71)88-48-72(56(3)4)40-80(64(19)20)102(88)114-121(113-101)109-95-35-33-36-96(110-122-115-103-81(65(21)22)41-73(57(5)6)49-89(103)90-50-74(58(7)8)42-82(66(23)24)104(90)116-122)99(95)100-97(111-123-117-105-83(67(25)26)43-75(59(9)10)51-91(105)92-52-76(60(11)12)44-84(68(27)28)106(92)118-123)37-34-38-98(100)112-124-119-107-85(69(29)30)45-77(61(13)14)53-93(107)94-54-78(62(15)16)46-86(70(31)32)108(94)120-124/h33-70H,1-32H3. The first-order valence-corrected chi connectivity index (χ1v) is 50.1. The fraction of sp³-hybridized carbons (Fsp3) is 0.444. The summed E-state index contributed by atoms with van der Waals surface area (Å²) in [6, 6.07) is 48.6. The molecule has 0 amide bonds. The Balaban J connectivity index is 1.19. The summed E-state index contributed by atoms with van der Waals surface area (Å²) in [6.07, 6.45) is 0. The molecule has 10 aromatic carbocycles. The molecule has 4 heterocycles. The zero-order valence-electron chi connectivity index (χ0n) is 79.6. The number of fused-ring (bicyclic) bond motifs is 12. The summed E-state index contributed by atoms with van der Waals surface area (Å²) < 4.78 is 93.2. The summed E-state index contributed by atoms with van der Waals surface area (Å²) >= 11 is 0. The van der Waals surface area contributed by atoms with Crippen molar-refractivity contribution in [3.05, 3.63) is 222 Å². The lowest BCUT2D eigenvalue weighted by molar-refractivity contribution is 0.475. The largest absolute Gasteiger partial charge is 0.453 e. The molecule has 0 spiro atoms. The van der Waals surface area contributed by atoms with E-state index in [9.17, 15) is 0 Å². The van der Waals surface area contributed by atoms with Crippen LogP contribution in [0.15, 0.2) is 167 Å². The Morgan fingerprint density at radius 2 is 0.290 bits per heavy atom. The number of rotatable bonds is 25. The van der Waals surface area contributed by atoms with Crippen LogP contribution in [0.25, 0.3) is 98.9 Å². The summed E-state index contributed by atoms with van der Waals surface area (Å²) in [5.74, 6) is 3.15. The van der Waals surface area contributed by atoms with Crippen LogP contribution < -0.4 is 18.1 Å². The highest BCUT2D eigenvalue weighted by Gasteiger charge is 2.33. The first-order valence-electron chi connectivity index (χ1n) is 45.7. The van der Waals surface area contributed by atoms with Crippen molar-refractivity contribution in [3.63, 3.8) is 0 Å². The Kier molecular flexibility index (Phi) is 27.0. The third-order valence-corrected chi connectivity index (χ3v) is 28.9. The summed E-state index contributed by atoms with van der Waals surface area (Å²) in [6.45, 7) is 71.8. The molecule has 0 saturated carbocycles. The zero-order chi connectivity index (χ0) is 89.5. The van der Waals surface area contributed by atoms with E-state index in [-0.39, 0.29) is 94.7 Å². The van der Waals surface area contributed by atoms with Gasteiger partial charge in [0.2, 0.25) is 0 Å². The van der Waals surface area contributed by atoms with Crippen molar-refractivity contribution < 1.29 is 51.7 Å². The first kappa shape index (κ1) is 91.2. The van der Waals surface area contributed by atoms with Crippen molar-refractivity contribution >= 4 is 121 Å². The molecule has 14 aromatic rings. The Morgan fingerprint density at radius 1 is 0.169 bits per heavy atom. The molecule has 12 nitrogen and oxygen atoms in total. The van der Waals surface area contributed by atoms with E-state index < -0.39 is 33.0 Å². The lowest BCUT2D eigenvalue weighted by atomic mass is 9.89. The predicted octanol–water partition coefficient (Wildman–Crippen LogP) is 39.1. The highest BCUT2D eigenvalue weighted by molar-refractivity contribution is 7.33. The molecule has 0 aliphatic rings. The molecule has 658 valence electrons. The van der Waals surface area contributed by atoms with Crippen LogP contribution in [0, 0.1) is 0 Å². The molecule has 0 atom stereocenters. The normalized spacial score (nSPS) is 12.5. The zero-order valence-corrected chi connectivity index (χ0v) is 83.2. The SMILES string of the molecule is CC(C)c1cc(C(C)C)c2op(Oc3cccc(Op4oc5c(C(C)C)cc(C(C)C)cc5c5cc(C(C)C)cc(C(C)C)c5o4)c3-c3c(Op4oc5c(C(C)C)cc(C(C)C)cc5c5cc(C(C)C)cc(C(C)C)c5o4)cccc3Op3oc4c(C(C)C)cc(C(C)C)cc4c4cc(C(C)C)cc(C(C)C)c4o3)oc3c(C(C)C)cc(C(C)C)cc3c2c1. The maximum absolute atomic E-state index is 7.95. The van der Waals surface area contributed by atoms with Crippen LogP contribution in [0.2, 0.25) is 0 Å². The first-order chi connectivity index (χ1) is 58.6. The van der Waals surface area contributed by atoms with Gasteiger partial charge in [0.15, 0.2) is 0 Å². The van der Waals surface area contributed by atoms with Crippen molar-refractivity contribution in [2.45, 2.75) is 316 Å². The molecule has 0 unspecified atom stereocenters. The maximum Gasteiger partial charge on any atom is 0.453 e. The van der Waals surface area contributed by atoms with E-state index in [0.717, 1.165) is 87.6 Å². The molecule has 16 heteroatoms. The highest BCUT2D eigenvalue weighted by atomic mass is 31.1. The van der Waals surface area contributed by atoms with E-state index in [0.29, 0.717) is 78.8 Å². The topological polar surface area (TPSA) is 142 Å². The van der Waals surface area contributed by atoms with Gasteiger partial charge in [-0.2, -0.15) is 0 Å². The second-order valence-electron chi connectivity index (χ2n) is 39.6.